The Kier molecular flexibility index (Phi) is 2.64. The van der Waals surface area contributed by atoms with Crippen LogP contribution in [0.4, 0.5) is 0 Å². The number of esters is 1. The van der Waals surface area contributed by atoms with Crippen molar-refractivity contribution in [1.82, 2.24) is 0 Å². The van der Waals surface area contributed by atoms with Crippen LogP contribution in [-0.4, -0.2) is 23.7 Å². The Hall–Kier alpha value is -1.84. The molecule has 1 atom stereocenters. The maximum atomic E-state index is 11.7. The molecule has 4 nitrogen and oxygen atoms in total. The van der Waals surface area contributed by atoms with E-state index in [2.05, 4.69) is 4.99 Å². The number of rotatable bonds is 2. The molecule has 1 aromatic rings. The third-order valence-electron chi connectivity index (χ3n) is 2.52. The van der Waals surface area contributed by atoms with E-state index >= 15 is 0 Å². The third kappa shape index (κ3) is 1.66. The van der Waals surface area contributed by atoms with Crippen molar-refractivity contribution in [3.63, 3.8) is 0 Å². The number of hydrogen-bond acceptors (Lipinski definition) is 4. The van der Waals surface area contributed by atoms with E-state index in [0.717, 1.165) is 5.36 Å². The number of phenolic OH excluding ortho intramolecular Hbond substituents is 1. The van der Waals surface area contributed by atoms with Crippen LogP contribution < -0.4 is 10.6 Å². The maximum Gasteiger partial charge on any atom is 0.336 e. The quantitative estimate of drug-likeness (QED) is 0.719. The molecule has 0 bridgehead atoms. The van der Waals surface area contributed by atoms with Gasteiger partial charge in [-0.3, -0.25) is 4.99 Å². The molecule has 16 heavy (non-hydrogen) atoms. The van der Waals surface area contributed by atoms with Crippen LogP contribution in [0, 0.1) is 0 Å². The second kappa shape index (κ2) is 3.96. The SMILES string of the molecule is CCOC(=O)C1=c2cc(O)ccc2=N[C@H]1C. The standard InChI is InChI=1S/C12H13NO3/c1-3-16-12(15)11-7(2)13-10-5-4-8(14)6-9(10)11/h4-7,14H,3H2,1-2H3/t7-/m0/s1. The average molecular weight is 219 g/mol. The zero-order valence-electron chi connectivity index (χ0n) is 9.23. The lowest BCUT2D eigenvalue weighted by molar-refractivity contribution is -0.136. The van der Waals surface area contributed by atoms with Crippen molar-refractivity contribution in [3.8, 4) is 5.75 Å². The zero-order valence-corrected chi connectivity index (χ0v) is 9.23. The number of aromatic hydroxyl groups is 1. The minimum atomic E-state index is -0.358. The normalized spacial score (nSPS) is 17.9. The summed E-state index contributed by atoms with van der Waals surface area (Å²) >= 11 is 0. The summed E-state index contributed by atoms with van der Waals surface area (Å²) in [6.45, 7) is 3.94. The Morgan fingerprint density at radius 2 is 2.31 bits per heavy atom. The summed E-state index contributed by atoms with van der Waals surface area (Å²) in [7, 11) is 0. The highest BCUT2D eigenvalue weighted by Gasteiger charge is 2.23. The average Bonchev–Trinajstić information content (AvgIpc) is 2.53. The number of ether oxygens (including phenoxy) is 1. The highest BCUT2D eigenvalue weighted by atomic mass is 16.5. The van der Waals surface area contributed by atoms with Crippen LogP contribution in [0.5, 0.6) is 5.75 Å². The van der Waals surface area contributed by atoms with Gasteiger partial charge in [-0.1, -0.05) is 0 Å². The molecule has 0 spiro atoms. The van der Waals surface area contributed by atoms with E-state index in [4.69, 9.17) is 4.74 Å². The summed E-state index contributed by atoms with van der Waals surface area (Å²) in [4.78, 5) is 16.1. The molecule has 0 aromatic heterocycles. The van der Waals surface area contributed by atoms with Crippen LogP contribution >= 0.6 is 0 Å². The third-order valence-corrected chi connectivity index (χ3v) is 2.52. The summed E-state index contributed by atoms with van der Waals surface area (Å²) in [6.07, 6.45) is 0. The molecule has 1 N–H and O–H groups in total. The lowest BCUT2D eigenvalue weighted by Crippen LogP contribution is -2.26. The molecule has 0 aliphatic carbocycles. The smallest absolute Gasteiger partial charge is 0.336 e. The summed E-state index contributed by atoms with van der Waals surface area (Å²) in [5.74, 6) is -0.229. The number of phenols is 1. The zero-order chi connectivity index (χ0) is 11.7. The molecule has 2 rings (SSSR count). The number of fused-ring (bicyclic) bond motifs is 1. The predicted octanol–water partition coefficient (Wildman–Crippen LogP) is 0.128. The number of carbonyl (C=O) groups excluding carboxylic acids is 1. The van der Waals surface area contributed by atoms with E-state index in [1.54, 1.807) is 25.1 Å². The Balaban J connectivity index is 2.62. The molecule has 0 fully saturated rings. The van der Waals surface area contributed by atoms with Gasteiger partial charge in [0.15, 0.2) is 0 Å². The van der Waals surface area contributed by atoms with Crippen LogP contribution in [0.2, 0.25) is 0 Å². The van der Waals surface area contributed by atoms with Gasteiger partial charge in [0.2, 0.25) is 0 Å². The van der Waals surface area contributed by atoms with Crippen molar-refractivity contribution in [3.05, 3.63) is 28.8 Å². The minimum absolute atomic E-state index is 0.129. The molecule has 4 heteroatoms. The van der Waals surface area contributed by atoms with Gasteiger partial charge in [0.05, 0.1) is 23.6 Å². The lowest BCUT2D eigenvalue weighted by atomic mass is 10.1. The van der Waals surface area contributed by atoms with Gasteiger partial charge in [0, 0.05) is 5.22 Å². The molecule has 0 unspecified atom stereocenters. The maximum absolute atomic E-state index is 11.7. The fourth-order valence-electron chi connectivity index (χ4n) is 1.84. The Morgan fingerprint density at radius 3 is 3.00 bits per heavy atom. The van der Waals surface area contributed by atoms with Crippen LogP contribution in [-0.2, 0) is 9.53 Å². The second-order valence-electron chi connectivity index (χ2n) is 3.64. The largest absolute Gasteiger partial charge is 0.508 e. The monoisotopic (exact) mass is 219 g/mol. The molecule has 0 amide bonds. The van der Waals surface area contributed by atoms with Gasteiger partial charge in [0.25, 0.3) is 0 Å². The van der Waals surface area contributed by atoms with Gasteiger partial charge in [-0.05, 0) is 32.0 Å². The first-order valence-electron chi connectivity index (χ1n) is 5.21. The van der Waals surface area contributed by atoms with Crippen molar-refractivity contribution in [2.45, 2.75) is 19.9 Å². The minimum Gasteiger partial charge on any atom is -0.508 e. The topological polar surface area (TPSA) is 58.9 Å². The fourth-order valence-corrected chi connectivity index (χ4v) is 1.84. The molecule has 1 heterocycles. The Bertz CT molecular complexity index is 548. The molecule has 1 aromatic carbocycles. The number of benzene rings is 1. The van der Waals surface area contributed by atoms with Gasteiger partial charge >= 0.3 is 5.97 Å². The van der Waals surface area contributed by atoms with Crippen LogP contribution in [0.1, 0.15) is 13.8 Å². The molecular formula is C12H13NO3. The van der Waals surface area contributed by atoms with E-state index in [1.165, 1.54) is 0 Å². The Labute approximate surface area is 92.9 Å². The first kappa shape index (κ1) is 10.7. The Morgan fingerprint density at radius 1 is 1.56 bits per heavy atom. The molecule has 0 saturated carbocycles. The van der Waals surface area contributed by atoms with Gasteiger partial charge < -0.3 is 9.84 Å². The number of carbonyl (C=O) groups is 1. The van der Waals surface area contributed by atoms with Gasteiger partial charge in [0.1, 0.15) is 5.75 Å². The molecule has 0 saturated heterocycles. The van der Waals surface area contributed by atoms with Crippen molar-refractivity contribution in [2.75, 3.05) is 6.61 Å². The molecule has 1 aliphatic heterocycles. The molecule has 84 valence electrons. The van der Waals surface area contributed by atoms with E-state index in [0.29, 0.717) is 17.4 Å². The first-order chi connectivity index (χ1) is 7.63. The lowest BCUT2D eigenvalue weighted by Gasteiger charge is -2.06. The summed E-state index contributed by atoms with van der Waals surface area (Å²) in [5, 5.41) is 10.8. The summed E-state index contributed by atoms with van der Waals surface area (Å²) in [6, 6.07) is 4.60. The second-order valence-corrected chi connectivity index (χ2v) is 3.64. The summed E-state index contributed by atoms with van der Waals surface area (Å²) in [5.41, 5.74) is 0.521. The predicted molar refractivity (Wildman–Crippen MR) is 58.4 cm³/mol. The summed E-state index contributed by atoms with van der Waals surface area (Å²) < 4.78 is 4.98. The van der Waals surface area contributed by atoms with Gasteiger partial charge in [-0.15, -0.1) is 0 Å². The van der Waals surface area contributed by atoms with Crippen LogP contribution in [0.25, 0.3) is 5.57 Å². The number of nitrogens with zero attached hydrogens (tertiary/aromatic N) is 1. The highest BCUT2D eigenvalue weighted by Crippen LogP contribution is 2.12. The van der Waals surface area contributed by atoms with Crippen molar-refractivity contribution >= 4 is 11.5 Å². The van der Waals surface area contributed by atoms with Gasteiger partial charge in [-0.2, -0.15) is 0 Å². The molecule has 1 aliphatic rings. The van der Waals surface area contributed by atoms with Crippen molar-refractivity contribution < 1.29 is 14.6 Å². The fraction of sp³-hybridized carbons (Fsp3) is 0.333. The van der Waals surface area contributed by atoms with Crippen LogP contribution in [0.3, 0.4) is 0 Å². The molecule has 0 radical (unpaired) electrons. The van der Waals surface area contributed by atoms with Gasteiger partial charge in [-0.25, -0.2) is 4.79 Å². The molecular weight excluding hydrogens is 206 g/mol. The first-order valence-corrected chi connectivity index (χ1v) is 5.21. The van der Waals surface area contributed by atoms with Crippen molar-refractivity contribution in [2.24, 2.45) is 4.99 Å². The van der Waals surface area contributed by atoms with E-state index < -0.39 is 0 Å². The van der Waals surface area contributed by atoms with Crippen molar-refractivity contribution in [1.29, 1.82) is 0 Å². The highest BCUT2D eigenvalue weighted by molar-refractivity contribution is 6.11. The van der Waals surface area contributed by atoms with E-state index in [1.807, 2.05) is 6.92 Å². The van der Waals surface area contributed by atoms with E-state index in [9.17, 15) is 9.90 Å². The number of hydrogen-bond donors (Lipinski definition) is 1. The van der Waals surface area contributed by atoms with Crippen LogP contribution in [0.15, 0.2) is 23.2 Å². The van der Waals surface area contributed by atoms with E-state index in [-0.39, 0.29) is 17.8 Å².